The molecule has 5 heteroatoms. The summed E-state index contributed by atoms with van der Waals surface area (Å²) < 4.78 is 10.6. The van der Waals surface area contributed by atoms with Crippen molar-refractivity contribution in [3.63, 3.8) is 0 Å². The second-order valence-corrected chi connectivity index (χ2v) is 4.62. The van der Waals surface area contributed by atoms with Crippen molar-refractivity contribution in [3.8, 4) is 0 Å². The molecule has 1 heterocycles. The lowest BCUT2D eigenvalue weighted by molar-refractivity contribution is -0.142. The molecule has 17 heavy (non-hydrogen) atoms. The molecule has 1 fully saturated rings. The maximum absolute atomic E-state index is 12.4. The van der Waals surface area contributed by atoms with E-state index in [1.807, 2.05) is 20.8 Å². The molecular weight excluding hydrogens is 220 g/mol. The quantitative estimate of drug-likeness (QED) is 0.680. The number of nitrogens with zero attached hydrogens (tertiary/aromatic N) is 1. The summed E-state index contributed by atoms with van der Waals surface area (Å²) in [4.78, 5) is 14.2. The lowest BCUT2D eigenvalue weighted by Crippen LogP contribution is -2.52. The van der Waals surface area contributed by atoms with Crippen molar-refractivity contribution in [2.75, 3.05) is 39.5 Å². The van der Waals surface area contributed by atoms with Crippen LogP contribution in [0.5, 0.6) is 0 Å². The van der Waals surface area contributed by atoms with Crippen molar-refractivity contribution >= 4 is 5.91 Å². The summed E-state index contributed by atoms with van der Waals surface area (Å²) in [5, 5.41) is 0. The first kappa shape index (κ1) is 14.4. The molecule has 100 valence electrons. The van der Waals surface area contributed by atoms with E-state index in [1.165, 1.54) is 0 Å². The van der Waals surface area contributed by atoms with Crippen LogP contribution in [-0.4, -0.2) is 56.4 Å². The van der Waals surface area contributed by atoms with Crippen LogP contribution in [0.3, 0.4) is 0 Å². The Bertz CT molecular complexity index is 260. The van der Waals surface area contributed by atoms with Crippen LogP contribution in [0.2, 0.25) is 0 Å². The van der Waals surface area contributed by atoms with Gasteiger partial charge in [0.05, 0.1) is 25.2 Å². The Kier molecular flexibility index (Phi) is 5.36. The van der Waals surface area contributed by atoms with Crippen LogP contribution in [0.15, 0.2) is 0 Å². The van der Waals surface area contributed by atoms with Gasteiger partial charge in [0.1, 0.15) is 0 Å². The van der Waals surface area contributed by atoms with Gasteiger partial charge in [0, 0.05) is 25.7 Å². The summed E-state index contributed by atoms with van der Waals surface area (Å²) in [5.41, 5.74) is 5.38. The molecule has 0 bridgehead atoms. The number of carbonyl (C=O) groups excluding carboxylic acids is 1. The van der Waals surface area contributed by atoms with Gasteiger partial charge < -0.3 is 20.1 Å². The topological polar surface area (TPSA) is 64.8 Å². The highest BCUT2D eigenvalue weighted by Crippen LogP contribution is 2.29. The Morgan fingerprint density at radius 1 is 1.59 bits per heavy atom. The summed E-state index contributed by atoms with van der Waals surface area (Å²) in [5.74, 6) is 0.0738. The number of likely N-dealkylation sites (N-methyl/N-ethyl adjacent to an activating group) is 1. The third kappa shape index (κ3) is 3.18. The summed E-state index contributed by atoms with van der Waals surface area (Å²) in [6.45, 7) is 9.21. The third-order valence-corrected chi connectivity index (χ3v) is 3.38. The van der Waals surface area contributed by atoms with E-state index in [1.54, 1.807) is 4.90 Å². The van der Waals surface area contributed by atoms with Gasteiger partial charge in [-0.1, -0.05) is 0 Å². The zero-order valence-corrected chi connectivity index (χ0v) is 11.1. The Hall–Kier alpha value is -0.650. The number of ether oxygens (including phenoxy) is 2. The van der Waals surface area contributed by atoms with Gasteiger partial charge in [0.2, 0.25) is 5.91 Å². The first-order valence-corrected chi connectivity index (χ1v) is 6.26. The Morgan fingerprint density at radius 3 is 2.76 bits per heavy atom. The maximum Gasteiger partial charge on any atom is 0.232 e. The molecule has 0 aromatic heterocycles. The molecule has 1 saturated heterocycles. The van der Waals surface area contributed by atoms with E-state index in [0.717, 1.165) is 0 Å². The minimum atomic E-state index is -0.581. The van der Waals surface area contributed by atoms with E-state index < -0.39 is 5.41 Å². The lowest BCUT2D eigenvalue weighted by atomic mass is 9.84. The molecule has 0 radical (unpaired) electrons. The lowest BCUT2D eigenvalue weighted by Gasteiger charge is -2.32. The minimum Gasteiger partial charge on any atom is -0.380 e. The minimum absolute atomic E-state index is 0.0738. The zero-order valence-electron chi connectivity index (χ0n) is 11.1. The van der Waals surface area contributed by atoms with Gasteiger partial charge in [0.15, 0.2) is 0 Å². The van der Waals surface area contributed by atoms with Gasteiger partial charge >= 0.3 is 0 Å². The molecule has 0 aromatic rings. The summed E-state index contributed by atoms with van der Waals surface area (Å²) in [7, 11) is 0. The molecule has 5 nitrogen and oxygen atoms in total. The highest BCUT2D eigenvalue weighted by molar-refractivity contribution is 5.83. The van der Waals surface area contributed by atoms with Gasteiger partial charge in [0.25, 0.3) is 0 Å². The van der Waals surface area contributed by atoms with Crippen molar-refractivity contribution < 1.29 is 14.3 Å². The molecule has 0 saturated carbocycles. The highest BCUT2D eigenvalue weighted by atomic mass is 16.5. The molecule has 2 unspecified atom stereocenters. The molecule has 1 aliphatic heterocycles. The first-order valence-electron chi connectivity index (χ1n) is 6.26. The first-order chi connectivity index (χ1) is 8.06. The molecule has 0 spiro atoms. The highest BCUT2D eigenvalue weighted by Gasteiger charge is 2.46. The van der Waals surface area contributed by atoms with Crippen molar-refractivity contribution in [1.29, 1.82) is 0 Å². The van der Waals surface area contributed by atoms with Crippen LogP contribution in [0.4, 0.5) is 0 Å². The number of hydrogen-bond donors (Lipinski definition) is 1. The van der Waals surface area contributed by atoms with Crippen molar-refractivity contribution in [1.82, 2.24) is 4.90 Å². The fraction of sp³-hybridized carbons (Fsp3) is 0.917. The predicted octanol–water partition coefficient (Wildman–Crippen LogP) is 0.235. The Balaban J connectivity index is 2.59. The molecule has 1 rings (SSSR count). The average Bonchev–Trinajstić information content (AvgIpc) is 2.66. The van der Waals surface area contributed by atoms with Crippen LogP contribution < -0.4 is 5.73 Å². The number of hydrogen-bond acceptors (Lipinski definition) is 4. The molecule has 2 N–H and O–H groups in total. The summed E-state index contributed by atoms with van der Waals surface area (Å²) in [6, 6.07) is -0.212. The van der Waals surface area contributed by atoms with Crippen LogP contribution in [0, 0.1) is 5.41 Å². The smallest absolute Gasteiger partial charge is 0.232 e. The van der Waals surface area contributed by atoms with Gasteiger partial charge in [-0.2, -0.15) is 0 Å². The van der Waals surface area contributed by atoms with Crippen LogP contribution in [0.1, 0.15) is 20.8 Å². The zero-order chi connectivity index (χ0) is 12.9. The van der Waals surface area contributed by atoms with Gasteiger partial charge in [-0.25, -0.2) is 0 Å². The number of carbonyl (C=O) groups is 1. The molecular formula is C12H24N2O3. The predicted molar refractivity (Wildman–Crippen MR) is 65.6 cm³/mol. The molecule has 0 aliphatic carbocycles. The molecule has 1 aliphatic rings. The van der Waals surface area contributed by atoms with Crippen molar-refractivity contribution in [3.05, 3.63) is 0 Å². The van der Waals surface area contributed by atoms with Crippen LogP contribution in [-0.2, 0) is 14.3 Å². The number of amides is 1. The largest absolute Gasteiger partial charge is 0.380 e. The van der Waals surface area contributed by atoms with Gasteiger partial charge in [-0.15, -0.1) is 0 Å². The number of nitrogens with two attached hydrogens (primary N) is 1. The maximum atomic E-state index is 12.4. The third-order valence-electron chi connectivity index (χ3n) is 3.38. The molecule has 1 amide bonds. The van der Waals surface area contributed by atoms with Crippen LogP contribution in [0.25, 0.3) is 0 Å². The van der Waals surface area contributed by atoms with Crippen LogP contribution >= 0.6 is 0 Å². The Labute approximate surface area is 103 Å². The van der Waals surface area contributed by atoms with E-state index in [-0.39, 0.29) is 11.9 Å². The molecule has 0 aromatic carbocycles. The second kappa shape index (κ2) is 6.33. The second-order valence-electron chi connectivity index (χ2n) is 4.62. The SMILES string of the molecule is CCOCCN(CC)C(=O)C1(C)COCC1N. The van der Waals surface area contributed by atoms with E-state index in [0.29, 0.717) is 39.5 Å². The summed E-state index contributed by atoms with van der Waals surface area (Å²) in [6.07, 6.45) is 0. The van der Waals surface area contributed by atoms with E-state index in [9.17, 15) is 4.79 Å². The van der Waals surface area contributed by atoms with E-state index >= 15 is 0 Å². The van der Waals surface area contributed by atoms with Crippen molar-refractivity contribution in [2.45, 2.75) is 26.8 Å². The average molecular weight is 244 g/mol. The van der Waals surface area contributed by atoms with Gasteiger partial charge in [-0.05, 0) is 20.8 Å². The van der Waals surface area contributed by atoms with Gasteiger partial charge in [-0.3, -0.25) is 4.79 Å². The fourth-order valence-corrected chi connectivity index (χ4v) is 1.99. The van der Waals surface area contributed by atoms with Crippen molar-refractivity contribution in [2.24, 2.45) is 11.1 Å². The molecule has 2 atom stereocenters. The van der Waals surface area contributed by atoms with E-state index in [4.69, 9.17) is 15.2 Å². The normalized spacial score (nSPS) is 28.4. The summed E-state index contributed by atoms with van der Waals surface area (Å²) >= 11 is 0. The Morgan fingerprint density at radius 2 is 2.29 bits per heavy atom. The standard InChI is InChI=1S/C12H24N2O3/c1-4-14(6-7-16-5-2)11(15)12(3)9-17-8-10(12)13/h10H,4-9,13H2,1-3H3. The van der Waals surface area contributed by atoms with E-state index in [2.05, 4.69) is 0 Å². The fourth-order valence-electron chi connectivity index (χ4n) is 1.99. The number of rotatable bonds is 6. The monoisotopic (exact) mass is 244 g/mol.